The van der Waals surface area contributed by atoms with Crippen LogP contribution in [0.25, 0.3) is 0 Å². The van der Waals surface area contributed by atoms with Crippen molar-refractivity contribution in [3.8, 4) is 0 Å². The molecule has 1 heterocycles. The maximum absolute atomic E-state index is 12.0. The minimum Gasteiger partial charge on any atom is -0.465 e. The van der Waals surface area contributed by atoms with Crippen molar-refractivity contribution in [2.24, 2.45) is 11.7 Å². The van der Waals surface area contributed by atoms with Gasteiger partial charge in [-0.25, -0.2) is 0 Å². The van der Waals surface area contributed by atoms with Crippen molar-refractivity contribution in [3.05, 3.63) is 0 Å². The molecule has 0 aromatic heterocycles. The Bertz CT molecular complexity index is 326. The summed E-state index contributed by atoms with van der Waals surface area (Å²) in [5.41, 5.74) is 5.70. The molecule has 0 radical (unpaired) electrons. The molecule has 1 rings (SSSR count). The largest absolute Gasteiger partial charge is 0.465 e. The van der Waals surface area contributed by atoms with Crippen LogP contribution in [-0.4, -0.2) is 54.0 Å². The van der Waals surface area contributed by atoms with E-state index in [-0.39, 0.29) is 11.9 Å². The Morgan fingerprint density at radius 1 is 1.50 bits per heavy atom. The second kappa shape index (κ2) is 9.23. The number of nitrogens with two attached hydrogens (primary N) is 1. The molecule has 116 valence electrons. The maximum atomic E-state index is 12.0. The van der Waals surface area contributed by atoms with Crippen molar-refractivity contribution >= 4 is 23.6 Å². The molecule has 0 saturated carbocycles. The summed E-state index contributed by atoms with van der Waals surface area (Å²) in [6.07, 6.45) is 2.86. The minimum atomic E-state index is -0.576. The fourth-order valence-electron chi connectivity index (χ4n) is 2.24. The quantitative estimate of drug-likeness (QED) is 0.566. The normalized spacial score (nSPS) is 20.6. The lowest BCUT2D eigenvalue weighted by Crippen LogP contribution is -2.40. The van der Waals surface area contributed by atoms with Gasteiger partial charge in [-0.15, -0.1) is 0 Å². The molecule has 1 aliphatic rings. The van der Waals surface area contributed by atoms with Crippen LogP contribution in [0.15, 0.2) is 0 Å². The van der Waals surface area contributed by atoms with Gasteiger partial charge in [0.15, 0.2) is 0 Å². The Kier molecular flexibility index (Phi) is 7.99. The van der Waals surface area contributed by atoms with Gasteiger partial charge in [-0.1, -0.05) is 6.92 Å². The van der Waals surface area contributed by atoms with Crippen molar-refractivity contribution in [1.82, 2.24) is 4.90 Å². The Labute approximate surface area is 125 Å². The third-order valence-electron chi connectivity index (χ3n) is 3.40. The van der Waals surface area contributed by atoms with Crippen molar-refractivity contribution in [2.75, 3.05) is 31.2 Å². The predicted octanol–water partition coefficient (Wildman–Crippen LogP) is 1.26. The highest BCUT2D eigenvalue weighted by molar-refractivity contribution is 7.99. The van der Waals surface area contributed by atoms with Crippen molar-refractivity contribution < 1.29 is 14.3 Å². The van der Waals surface area contributed by atoms with E-state index in [1.54, 1.807) is 18.7 Å². The standard InChI is InChI=1S/C14H26N2O3S/c1-3-19-14(18)12(15)6-8-20-10-13(17)16-7-4-5-11(2)9-16/h11-12H,3-10,15H2,1-2H3. The van der Waals surface area contributed by atoms with Crippen LogP contribution in [0.4, 0.5) is 0 Å². The molecule has 2 N–H and O–H groups in total. The highest BCUT2D eigenvalue weighted by Crippen LogP contribution is 2.17. The average molecular weight is 302 g/mol. The van der Waals surface area contributed by atoms with E-state index in [1.807, 2.05) is 4.90 Å². The summed E-state index contributed by atoms with van der Waals surface area (Å²) in [6.45, 7) is 6.06. The summed E-state index contributed by atoms with van der Waals surface area (Å²) >= 11 is 1.54. The number of hydrogen-bond donors (Lipinski definition) is 1. The number of carbonyl (C=O) groups is 2. The van der Waals surface area contributed by atoms with Crippen LogP contribution in [-0.2, 0) is 14.3 Å². The molecule has 1 fully saturated rings. The number of likely N-dealkylation sites (tertiary alicyclic amines) is 1. The lowest BCUT2D eigenvalue weighted by atomic mass is 10.0. The van der Waals surface area contributed by atoms with E-state index in [4.69, 9.17) is 10.5 Å². The van der Waals surface area contributed by atoms with Crippen LogP contribution in [0.5, 0.6) is 0 Å². The molecule has 6 heteroatoms. The Morgan fingerprint density at radius 2 is 2.25 bits per heavy atom. The fraction of sp³-hybridized carbons (Fsp3) is 0.857. The van der Waals surface area contributed by atoms with Gasteiger partial charge < -0.3 is 15.4 Å². The molecule has 20 heavy (non-hydrogen) atoms. The van der Waals surface area contributed by atoms with Gasteiger partial charge >= 0.3 is 5.97 Å². The number of nitrogens with zero attached hydrogens (tertiary/aromatic N) is 1. The molecule has 2 atom stereocenters. The Balaban J connectivity index is 2.14. The number of rotatable bonds is 7. The van der Waals surface area contributed by atoms with Gasteiger partial charge in [0.05, 0.1) is 12.4 Å². The summed E-state index contributed by atoms with van der Waals surface area (Å²) in [5, 5.41) is 0. The topological polar surface area (TPSA) is 72.6 Å². The third-order valence-corrected chi connectivity index (χ3v) is 4.37. The van der Waals surface area contributed by atoms with Crippen LogP contribution in [0.1, 0.15) is 33.1 Å². The number of ether oxygens (including phenoxy) is 1. The van der Waals surface area contributed by atoms with Gasteiger partial charge in [-0.3, -0.25) is 9.59 Å². The smallest absolute Gasteiger partial charge is 0.322 e. The van der Waals surface area contributed by atoms with Gasteiger partial charge in [0.25, 0.3) is 0 Å². The van der Waals surface area contributed by atoms with E-state index >= 15 is 0 Å². The zero-order valence-electron chi connectivity index (χ0n) is 12.5. The Morgan fingerprint density at radius 3 is 2.90 bits per heavy atom. The van der Waals surface area contributed by atoms with E-state index in [2.05, 4.69) is 6.92 Å². The van der Waals surface area contributed by atoms with E-state index in [0.717, 1.165) is 19.5 Å². The number of hydrogen-bond acceptors (Lipinski definition) is 5. The number of carbonyl (C=O) groups excluding carboxylic acids is 2. The van der Waals surface area contributed by atoms with Crippen molar-refractivity contribution in [2.45, 2.75) is 39.2 Å². The van der Waals surface area contributed by atoms with E-state index < -0.39 is 6.04 Å². The minimum absolute atomic E-state index is 0.200. The van der Waals surface area contributed by atoms with Crippen LogP contribution in [0, 0.1) is 5.92 Å². The lowest BCUT2D eigenvalue weighted by Gasteiger charge is -2.30. The maximum Gasteiger partial charge on any atom is 0.322 e. The number of esters is 1. The molecule has 1 amide bonds. The molecule has 0 aromatic carbocycles. The SMILES string of the molecule is CCOC(=O)C(N)CCSCC(=O)N1CCCC(C)C1. The molecular formula is C14H26N2O3S. The van der Waals surface area contributed by atoms with E-state index in [9.17, 15) is 9.59 Å². The van der Waals surface area contributed by atoms with Crippen molar-refractivity contribution in [3.63, 3.8) is 0 Å². The molecular weight excluding hydrogens is 276 g/mol. The first-order valence-electron chi connectivity index (χ1n) is 7.32. The lowest BCUT2D eigenvalue weighted by molar-refractivity contribution is -0.144. The average Bonchev–Trinajstić information content (AvgIpc) is 2.43. The molecule has 5 nitrogen and oxygen atoms in total. The molecule has 1 saturated heterocycles. The second-order valence-corrected chi connectivity index (χ2v) is 6.39. The highest BCUT2D eigenvalue weighted by atomic mass is 32.2. The first kappa shape index (κ1) is 17.3. The molecule has 0 aliphatic carbocycles. The first-order chi connectivity index (χ1) is 9.54. The van der Waals surface area contributed by atoms with E-state index in [0.29, 0.717) is 30.5 Å². The van der Waals surface area contributed by atoms with Gasteiger partial charge in [0.2, 0.25) is 5.91 Å². The summed E-state index contributed by atoms with van der Waals surface area (Å²) in [5.74, 6) is 1.63. The zero-order valence-corrected chi connectivity index (χ0v) is 13.3. The molecule has 0 aromatic rings. The Hall–Kier alpha value is -0.750. The first-order valence-corrected chi connectivity index (χ1v) is 8.47. The fourth-order valence-corrected chi connectivity index (χ4v) is 3.17. The zero-order chi connectivity index (χ0) is 15.0. The van der Waals surface area contributed by atoms with Gasteiger partial charge in [0.1, 0.15) is 6.04 Å². The monoisotopic (exact) mass is 302 g/mol. The van der Waals surface area contributed by atoms with Gasteiger partial charge in [-0.05, 0) is 37.9 Å². The number of thioether (sulfide) groups is 1. The summed E-state index contributed by atoms with van der Waals surface area (Å²) in [7, 11) is 0. The number of amides is 1. The van der Waals surface area contributed by atoms with Gasteiger partial charge in [-0.2, -0.15) is 11.8 Å². The third kappa shape index (κ3) is 6.13. The van der Waals surface area contributed by atoms with Crippen LogP contribution in [0.2, 0.25) is 0 Å². The summed E-state index contributed by atoms with van der Waals surface area (Å²) in [4.78, 5) is 25.3. The molecule has 2 unspecified atom stereocenters. The molecule has 0 bridgehead atoms. The molecule has 0 spiro atoms. The van der Waals surface area contributed by atoms with Gasteiger partial charge in [0, 0.05) is 13.1 Å². The summed E-state index contributed by atoms with van der Waals surface area (Å²) < 4.78 is 4.84. The van der Waals surface area contributed by atoms with Crippen LogP contribution in [0.3, 0.4) is 0 Å². The second-order valence-electron chi connectivity index (χ2n) is 5.29. The molecule has 1 aliphatic heterocycles. The van der Waals surface area contributed by atoms with E-state index in [1.165, 1.54) is 6.42 Å². The highest BCUT2D eigenvalue weighted by Gasteiger charge is 2.21. The number of piperidine rings is 1. The van der Waals surface area contributed by atoms with Crippen molar-refractivity contribution in [1.29, 1.82) is 0 Å². The summed E-state index contributed by atoms with van der Waals surface area (Å²) in [6, 6.07) is -0.576. The van der Waals surface area contributed by atoms with Crippen LogP contribution < -0.4 is 5.73 Å². The predicted molar refractivity (Wildman–Crippen MR) is 81.5 cm³/mol. The van der Waals surface area contributed by atoms with Crippen LogP contribution >= 0.6 is 11.8 Å².